The number of hydroxylamine groups is 2. The van der Waals surface area contributed by atoms with Gasteiger partial charge in [0, 0.05) is 12.8 Å². The minimum absolute atomic E-state index is 0. The molecule has 4 nitrogen and oxygen atoms in total. The van der Waals surface area contributed by atoms with Crippen molar-refractivity contribution in [3.05, 3.63) is 35.9 Å². The van der Waals surface area contributed by atoms with Gasteiger partial charge in [0.25, 0.3) is 11.8 Å². The van der Waals surface area contributed by atoms with Gasteiger partial charge in [-0.2, -0.15) is 5.06 Å². The quantitative estimate of drug-likeness (QED) is 0.757. The van der Waals surface area contributed by atoms with Crippen molar-refractivity contribution in [3.8, 4) is 0 Å². The lowest BCUT2D eigenvalue weighted by Crippen LogP contribution is -2.28. The van der Waals surface area contributed by atoms with Gasteiger partial charge in [-0.25, -0.2) is 0 Å². The van der Waals surface area contributed by atoms with Crippen LogP contribution in [0, 0.1) is 0 Å². The number of nitrogens with zero attached hydrogens (tertiary/aromatic N) is 1. The molecule has 1 aliphatic heterocycles. The molecule has 0 unspecified atom stereocenters. The average molecular weight is 242 g/mol. The molecule has 2 amide bonds. The molecule has 0 aliphatic carbocycles. The first-order valence-electron chi connectivity index (χ1n) is 4.80. The number of rotatable bonds is 3. The van der Waals surface area contributed by atoms with E-state index in [4.69, 9.17) is 4.84 Å². The van der Waals surface area contributed by atoms with E-state index in [1.807, 2.05) is 30.3 Å². The number of hydrogen-bond acceptors (Lipinski definition) is 3. The molecule has 1 saturated heterocycles. The number of benzene rings is 1. The predicted octanol–water partition coefficient (Wildman–Crippen LogP) is 1.69. The van der Waals surface area contributed by atoms with E-state index >= 15 is 0 Å². The first-order valence-corrected chi connectivity index (χ1v) is 4.80. The maximum Gasteiger partial charge on any atom is 0.254 e. The molecule has 1 aromatic rings. The fraction of sp³-hybridized carbons (Fsp3) is 0.273. The molecule has 0 bridgehead atoms. The van der Waals surface area contributed by atoms with Crippen LogP contribution in [-0.2, 0) is 21.0 Å². The monoisotopic (exact) mass is 241 g/mol. The van der Waals surface area contributed by atoms with Gasteiger partial charge >= 0.3 is 0 Å². The first-order chi connectivity index (χ1) is 7.27. The van der Waals surface area contributed by atoms with Crippen molar-refractivity contribution >= 4 is 24.2 Å². The lowest BCUT2D eigenvalue weighted by Gasteiger charge is -2.12. The lowest BCUT2D eigenvalue weighted by molar-refractivity contribution is -0.191. The highest BCUT2D eigenvalue weighted by Crippen LogP contribution is 2.13. The second-order valence-corrected chi connectivity index (χ2v) is 3.34. The van der Waals surface area contributed by atoms with Crippen molar-refractivity contribution in [2.75, 3.05) is 0 Å². The summed E-state index contributed by atoms with van der Waals surface area (Å²) in [6.45, 7) is 0.248. The van der Waals surface area contributed by atoms with Crippen molar-refractivity contribution in [2.24, 2.45) is 0 Å². The van der Waals surface area contributed by atoms with E-state index in [0.717, 1.165) is 10.6 Å². The van der Waals surface area contributed by atoms with Crippen LogP contribution >= 0.6 is 12.4 Å². The van der Waals surface area contributed by atoms with Crippen molar-refractivity contribution in [1.29, 1.82) is 0 Å². The molecular formula is C11H12ClNO3. The van der Waals surface area contributed by atoms with E-state index in [1.165, 1.54) is 0 Å². The molecule has 1 aromatic carbocycles. The average Bonchev–Trinajstić information content (AvgIpc) is 2.58. The number of carbonyl (C=O) groups excluding carboxylic acids is 2. The first kappa shape index (κ1) is 12.7. The van der Waals surface area contributed by atoms with Gasteiger partial charge in [0.05, 0.1) is 0 Å². The van der Waals surface area contributed by atoms with Gasteiger partial charge in [-0.15, -0.1) is 12.4 Å². The Labute approximate surface area is 99.6 Å². The Kier molecular flexibility index (Phi) is 4.46. The summed E-state index contributed by atoms with van der Waals surface area (Å²) in [6.07, 6.45) is 0.515. The summed E-state index contributed by atoms with van der Waals surface area (Å²) in [5, 5.41) is 0.868. The summed E-state index contributed by atoms with van der Waals surface area (Å²) in [6, 6.07) is 9.42. The molecule has 0 radical (unpaired) electrons. The fourth-order valence-corrected chi connectivity index (χ4v) is 1.41. The highest BCUT2D eigenvalue weighted by Gasteiger charge is 2.29. The second-order valence-electron chi connectivity index (χ2n) is 3.34. The molecule has 16 heavy (non-hydrogen) atoms. The predicted molar refractivity (Wildman–Crippen MR) is 59.6 cm³/mol. The number of hydrogen-bond donors (Lipinski definition) is 0. The molecule has 1 aliphatic rings. The summed E-state index contributed by atoms with van der Waals surface area (Å²) < 4.78 is 0. The van der Waals surface area contributed by atoms with E-state index in [-0.39, 0.29) is 43.7 Å². The number of amides is 2. The van der Waals surface area contributed by atoms with E-state index in [2.05, 4.69) is 0 Å². The number of halogens is 1. The zero-order valence-electron chi connectivity index (χ0n) is 8.59. The smallest absolute Gasteiger partial charge is 0.254 e. The highest BCUT2D eigenvalue weighted by atomic mass is 35.5. The van der Waals surface area contributed by atoms with Crippen LogP contribution < -0.4 is 0 Å². The van der Waals surface area contributed by atoms with Crippen LogP contribution in [0.5, 0.6) is 0 Å². The number of carbonyl (C=O) groups is 2. The lowest BCUT2D eigenvalue weighted by atomic mass is 10.2. The molecule has 1 fully saturated rings. The summed E-state index contributed by atoms with van der Waals surface area (Å²) in [5.41, 5.74) is 0.935. The maximum atomic E-state index is 11.2. The summed E-state index contributed by atoms with van der Waals surface area (Å²) in [7, 11) is 0. The zero-order valence-corrected chi connectivity index (χ0v) is 9.40. The minimum atomic E-state index is -0.254. The molecule has 2 rings (SSSR count). The maximum absolute atomic E-state index is 11.2. The van der Waals surface area contributed by atoms with E-state index in [9.17, 15) is 9.59 Å². The molecule has 86 valence electrons. The van der Waals surface area contributed by atoms with E-state index in [0.29, 0.717) is 0 Å². The van der Waals surface area contributed by atoms with Crippen molar-refractivity contribution < 1.29 is 14.4 Å². The van der Waals surface area contributed by atoms with Crippen LogP contribution in [0.15, 0.2) is 30.3 Å². The fourth-order valence-electron chi connectivity index (χ4n) is 1.41. The van der Waals surface area contributed by atoms with Crippen LogP contribution in [0.3, 0.4) is 0 Å². The molecular weight excluding hydrogens is 230 g/mol. The molecule has 0 atom stereocenters. The van der Waals surface area contributed by atoms with Crippen LogP contribution in [-0.4, -0.2) is 16.9 Å². The Hall–Kier alpha value is -1.39. The van der Waals surface area contributed by atoms with Gasteiger partial charge in [0.1, 0.15) is 6.61 Å². The van der Waals surface area contributed by atoms with Gasteiger partial charge in [0.15, 0.2) is 0 Å². The molecule has 0 spiro atoms. The Morgan fingerprint density at radius 2 is 1.62 bits per heavy atom. The van der Waals surface area contributed by atoms with Gasteiger partial charge in [0.2, 0.25) is 0 Å². The van der Waals surface area contributed by atoms with Crippen LogP contribution in [0.4, 0.5) is 0 Å². The normalized spacial score (nSPS) is 15.1. The molecule has 0 aromatic heterocycles. The topological polar surface area (TPSA) is 46.6 Å². The van der Waals surface area contributed by atoms with Crippen LogP contribution in [0.25, 0.3) is 0 Å². The second kappa shape index (κ2) is 5.63. The minimum Gasteiger partial charge on any atom is -0.272 e. The van der Waals surface area contributed by atoms with Gasteiger partial charge in [-0.1, -0.05) is 30.3 Å². The van der Waals surface area contributed by atoms with Gasteiger partial charge in [-0.05, 0) is 5.56 Å². The third-order valence-electron chi connectivity index (χ3n) is 2.21. The largest absolute Gasteiger partial charge is 0.272 e. The Balaban J connectivity index is 0.00000128. The van der Waals surface area contributed by atoms with Crippen LogP contribution in [0.2, 0.25) is 0 Å². The van der Waals surface area contributed by atoms with Crippen molar-refractivity contribution in [1.82, 2.24) is 5.06 Å². The zero-order chi connectivity index (χ0) is 10.7. The van der Waals surface area contributed by atoms with Gasteiger partial charge in [-0.3, -0.25) is 14.4 Å². The Bertz CT molecular complexity index is 364. The highest BCUT2D eigenvalue weighted by molar-refractivity contribution is 6.00. The summed E-state index contributed by atoms with van der Waals surface area (Å²) >= 11 is 0. The summed E-state index contributed by atoms with van der Waals surface area (Å²) in [4.78, 5) is 27.5. The van der Waals surface area contributed by atoms with Crippen molar-refractivity contribution in [2.45, 2.75) is 19.4 Å². The molecule has 5 heteroatoms. The molecule has 1 heterocycles. The SMILES string of the molecule is Cl.O=C1CCC(=O)N1OCc1ccccc1. The van der Waals surface area contributed by atoms with E-state index < -0.39 is 0 Å². The Morgan fingerprint density at radius 3 is 2.19 bits per heavy atom. The summed E-state index contributed by atoms with van der Waals surface area (Å²) in [5.74, 6) is -0.508. The third kappa shape index (κ3) is 2.81. The van der Waals surface area contributed by atoms with E-state index in [1.54, 1.807) is 0 Å². The number of imide groups is 1. The molecule has 0 saturated carbocycles. The third-order valence-corrected chi connectivity index (χ3v) is 2.21. The molecule has 0 N–H and O–H groups in total. The van der Waals surface area contributed by atoms with Crippen molar-refractivity contribution in [3.63, 3.8) is 0 Å². The Morgan fingerprint density at radius 1 is 1.06 bits per heavy atom. The van der Waals surface area contributed by atoms with Crippen LogP contribution in [0.1, 0.15) is 18.4 Å². The standard InChI is InChI=1S/C11H11NO3.ClH/c13-10-6-7-11(14)12(10)15-8-9-4-2-1-3-5-9;/h1-5H,6-8H2;1H. The van der Waals surface area contributed by atoms with Gasteiger partial charge < -0.3 is 0 Å².